The lowest BCUT2D eigenvalue weighted by Gasteiger charge is -2.17. The zero-order valence-corrected chi connectivity index (χ0v) is 11.4. The molecule has 1 heterocycles. The second-order valence-electron chi connectivity index (χ2n) is 5.18. The topological polar surface area (TPSA) is 47.6 Å². The number of hydrogen-bond acceptors (Lipinski definition) is 3. The summed E-state index contributed by atoms with van der Waals surface area (Å²) in [6, 6.07) is 3.41. The summed E-state index contributed by atoms with van der Waals surface area (Å²) in [6.07, 6.45) is -0.201. The number of benzene rings is 1. The second-order valence-corrected chi connectivity index (χ2v) is 5.18. The van der Waals surface area contributed by atoms with Gasteiger partial charge in [0.2, 0.25) is 5.91 Å². The van der Waals surface area contributed by atoms with Crippen LogP contribution in [0.15, 0.2) is 18.2 Å². The molecule has 1 N–H and O–H groups in total. The Morgan fingerprint density at radius 3 is 2.75 bits per heavy atom. The summed E-state index contributed by atoms with van der Waals surface area (Å²) < 4.78 is 36.7. The lowest BCUT2D eigenvalue weighted by molar-refractivity contribution is -0.139. The normalized spacial score (nSPS) is 20.9. The van der Waals surface area contributed by atoms with Crippen LogP contribution in [0, 0.1) is 11.6 Å². The van der Waals surface area contributed by atoms with E-state index in [4.69, 9.17) is 9.47 Å². The molecule has 1 aliphatic heterocycles. The largest absolute Gasteiger partial charge is 0.353 e. The number of carbonyl (C=O) groups is 1. The first-order valence-electron chi connectivity index (χ1n) is 6.38. The maximum atomic E-state index is 13.0. The van der Waals surface area contributed by atoms with Crippen LogP contribution in [0.5, 0.6) is 0 Å². The van der Waals surface area contributed by atoms with E-state index >= 15 is 0 Å². The Bertz CT molecular complexity index is 505. The molecule has 1 aliphatic rings. The maximum absolute atomic E-state index is 13.0. The lowest BCUT2D eigenvalue weighted by atomic mass is 10.1. The SMILES string of the molecule is CC1(C)OCC(CNC(=O)Cc2ccc(F)c(F)c2)O1. The van der Waals surface area contributed by atoms with Crippen molar-refractivity contribution in [1.82, 2.24) is 5.32 Å². The van der Waals surface area contributed by atoms with Crippen molar-refractivity contribution in [2.45, 2.75) is 32.2 Å². The van der Waals surface area contributed by atoms with Gasteiger partial charge in [0.15, 0.2) is 17.4 Å². The lowest BCUT2D eigenvalue weighted by Crippen LogP contribution is -2.35. The Balaban J connectivity index is 1.79. The molecule has 1 amide bonds. The minimum atomic E-state index is -0.954. The molecular formula is C14H17F2NO3. The van der Waals surface area contributed by atoms with Gasteiger partial charge < -0.3 is 14.8 Å². The third-order valence-corrected chi connectivity index (χ3v) is 2.94. The van der Waals surface area contributed by atoms with Crippen molar-refractivity contribution < 1.29 is 23.0 Å². The smallest absolute Gasteiger partial charge is 0.224 e. The first-order chi connectivity index (χ1) is 9.35. The van der Waals surface area contributed by atoms with E-state index < -0.39 is 17.4 Å². The molecule has 0 aliphatic carbocycles. The van der Waals surface area contributed by atoms with Crippen molar-refractivity contribution in [3.05, 3.63) is 35.4 Å². The monoisotopic (exact) mass is 285 g/mol. The highest BCUT2D eigenvalue weighted by atomic mass is 19.2. The molecule has 2 rings (SSSR count). The van der Waals surface area contributed by atoms with Gasteiger partial charge in [-0.3, -0.25) is 4.79 Å². The van der Waals surface area contributed by atoms with Crippen LogP contribution in [-0.4, -0.2) is 30.9 Å². The summed E-state index contributed by atoms with van der Waals surface area (Å²) in [6.45, 7) is 4.34. The molecular weight excluding hydrogens is 268 g/mol. The zero-order chi connectivity index (χ0) is 14.8. The van der Waals surface area contributed by atoms with E-state index in [0.717, 1.165) is 12.1 Å². The summed E-state index contributed by atoms with van der Waals surface area (Å²) in [4.78, 5) is 11.7. The highest BCUT2D eigenvalue weighted by molar-refractivity contribution is 5.78. The van der Waals surface area contributed by atoms with Crippen molar-refractivity contribution >= 4 is 5.91 Å². The Hall–Kier alpha value is -1.53. The molecule has 1 aromatic rings. The fraction of sp³-hybridized carbons (Fsp3) is 0.500. The van der Waals surface area contributed by atoms with E-state index in [9.17, 15) is 13.6 Å². The molecule has 1 fully saturated rings. The summed E-state index contributed by atoms with van der Waals surface area (Å²) in [5.41, 5.74) is 0.422. The molecule has 4 nitrogen and oxygen atoms in total. The van der Waals surface area contributed by atoms with Crippen molar-refractivity contribution in [3.8, 4) is 0 Å². The minimum absolute atomic E-state index is 0.00578. The third-order valence-electron chi connectivity index (χ3n) is 2.94. The van der Waals surface area contributed by atoms with Gasteiger partial charge in [-0.1, -0.05) is 6.07 Å². The molecule has 110 valence electrons. The third kappa shape index (κ3) is 3.98. The summed E-state index contributed by atoms with van der Waals surface area (Å²) in [5.74, 6) is -2.78. The number of halogens is 2. The molecule has 1 saturated heterocycles. The van der Waals surface area contributed by atoms with Gasteiger partial charge in [0, 0.05) is 6.54 Å². The van der Waals surface area contributed by atoms with E-state index in [-0.39, 0.29) is 18.4 Å². The summed E-state index contributed by atoms with van der Waals surface area (Å²) in [7, 11) is 0. The number of nitrogens with one attached hydrogen (secondary N) is 1. The van der Waals surface area contributed by atoms with Crippen LogP contribution < -0.4 is 5.32 Å². The van der Waals surface area contributed by atoms with E-state index in [1.807, 2.05) is 0 Å². The van der Waals surface area contributed by atoms with Crippen molar-refractivity contribution in [2.75, 3.05) is 13.2 Å². The molecule has 0 spiro atoms. The summed E-state index contributed by atoms with van der Waals surface area (Å²) >= 11 is 0. The van der Waals surface area contributed by atoms with E-state index in [2.05, 4.69) is 5.32 Å². The van der Waals surface area contributed by atoms with E-state index in [0.29, 0.717) is 18.7 Å². The van der Waals surface area contributed by atoms with Crippen LogP contribution in [0.1, 0.15) is 19.4 Å². The van der Waals surface area contributed by atoms with Gasteiger partial charge in [0.25, 0.3) is 0 Å². The van der Waals surface area contributed by atoms with Gasteiger partial charge in [-0.25, -0.2) is 8.78 Å². The average molecular weight is 285 g/mol. The fourth-order valence-corrected chi connectivity index (χ4v) is 1.99. The Labute approximate surface area is 116 Å². The first-order valence-corrected chi connectivity index (χ1v) is 6.38. The predicted molar refractivity (Wildman–Crippen MR) is 68.0 cm³/mol. The van der Waals surface area contributed by atoms with Crippen LogP contribution in [-0.2, 0) is 20.7 Å². The first kappa shape index (κ1) is 14.9. The Kier molecular flexibility index (Phi) is 4.35. The number of rotatable bonds is 4. The molecule has 1 unspecified atom stereocenters. The van der Waals surface area contributed by atoms with Crippen LogP contribution in [0.2, 0.25) is 0 Å². The minimum Gasteiger partial charge on any atom is -0.353 e. The number of carbonyl (C=O) groups excluding carboxylic acids is 1. The van der Waals surface area contributed by atoms with Gasteiger partial charge in [0.05, 0.1) is 13.0 Å². The maximum Gasteiger partial charge on any atom is 0.224 e. The van der Waals surface area contributed by atoms with E-state index in [1.165, 1.54) is 6.07 Å². The predicted octanol–water partition coefficient (Wildman–Crippen LogP) is 1.77. The number of hydrogen-bond donors (Lipinski definition) is 1. The molecule has 1 atom stereocenters. The Morgan fingerprint density at radius 1 is 1.40 bits per heavy atom. The Morgan fingerprint density at radius 2 is 2.15 bits per heavy atom. The number of amides is 1. The standard InChI is InChI=1S/C14H17F2NO3/c1-14(2)19-8-10(20-14)7-17-13(18)6-9-3-4-11(15)12(16)5-9/h3-5,10H,6-8H2,1-2H3,(H,17,18). The molecule has 6 heteroatoms. The molecule has 20 heavy (non-hydrogen) atoms. The zero-order valence-electron chi connectivity index (χ0n) is 11.4. The highest BCUT2D eigenvalue weighted by Crippen LogP contribution is 2.21. The summed E-state index contributed by atoms with van der Waals surface area (Å²) in [5, 5.41) is 2.68. The second kappa shape index (κ2) is 5.85. The quantitative estimate of drug-likeness (QED) is 0.917. The highest BCUT2D eigenvalue weighted by Gasteiger charge is 2.32. The van der Waals surface area contributed by atoms with Gasteiger partial charge in [-0.15, -0.1) is 0 Å². The van der Waals surface area contributed by atoms with Gasteiger partial charge in [-0.2, -0.15) is 0 Å². The van der Waals surface area contributed by atoms with Crippen LogP contribution in [0.4, 0.5) is 8.78 Å². The van der Waals surface area contributed by atoms with Crippen LogP contribution >= 0.6 is 0 Å². The van der Waals surface area contributed by atoms with Crippen molar-refractivity contribution in [1.29, 1.82) is 0 Å². The van der Waals surface area contributed by atoms with Crippen LogP contribution in [0.25, 0.3) is 0 Å². The molecule has 0 saturated carbocycles. The number of ether oxygens (including phenoxy) is 2. The molecule has 0 bridgehead atoms. The fourth-order valence-electron chi connectivity index (χ4n) is 1.99. The molecule has 0 aromatic heterocycles. The van der Waals surface area contributed by atoms with Crippen LogP contribution in [0.3, 0.4) is 0 Å². The van der Waals surface area contributed by atoms with Gasteiger partial charge in [0.1, 0.15) is 6.10 Å². The molecule has 0 radical (unpaired) electrons. The van der Waals surface area contributed by atoms with Crippen molar-refractivity contribution in [2.24, 2.45) is 0 Å². The molecule has 1 aromatic carbocycles. The average Bonchev–Trinajstić information content (AvgIpc) is 2.71. The van der Waals surface area contributed by atoms with E-state index in [1.54, 1.807) is 13.8 Å². The van der Waals surface area contributed by atoms with Gasteiger partial charge >= 0.3 is 0 Å². The van der Waals surface area contributed by atoms with Gasteiger partial charge in [-0.05, 0) is 31.5 Å². The van der Waals surface area contributed by atoms with Crippen molar-refractivity contribution in [3.63, 3.8) is 0 Å².